The lowest BCUT2D eigenvalue weighted by Crippen LogP contribution is -2.28. The third-order valence-corrected chi connectivity index (χ3v) is 3.68. The van der Waals surface area contributed by atoms with Crippen LogP contribution in [0.15, 0.2) is 10.7 Å². The second kappa shape index (κ2) is 5.80. The second-order valence-electron chi connectivity index (χ2n) is 4.01. The summed E-state index contributed by atoms with van der Waals surface area (Å²) in [5.41, 5.74) is 0.624. The van der Waals surface area contributed by atoms with Crippen LogP contribution in [-0.4, -0.2) is 26.1 Å². The van der Waals surface area contributed by atoms with Crippen molar-refractivity contribution in [3.8, 4) is 0 Å². The number of aryl methyl sites for hydroxylation is 1. The summed E-state index contributed by atoms with van der Waals surface area (Å²) in [4.78, 5) is 0. The molecule has 16 heavy (non-hydrogen) atoms. The van der Waals surface area contributed by atoms with Crippen LogP contribution in [0.2, 0.25) is 0 Å². The highest BCUT2D eigenvalue weighted by molar-refractivity contribution is 9.10. The molecule has 0 aromatic carbocycles. The summed E-state index contributed by atoms with van der Waals surface area (Å²) < 4.78 is 2.31. The summed E-state index contributed by atoms with van der Waals surface area (Å²) >= 11 is 3.32. The molecular formula is C11H19BrN2O2. The Hall–Kier alpha value is -0.390. The molecule has 0 saturated carbocycles. The molecule has 0 spiro atoms. The number of aliphatic hydroxyl groups is 2. The molecule has 92 valence electrons. The van der Waals surface area contributed by atoms with Crippen molar-refractivity contribution in [1.29, 1.82) is 0 Å². The first-order valence-electron chi connectivity index (χ1n) is 5.56. The number of aliphatic hydroxyl groups excluding tert-OH is 2. The van der Waals surface area contributed by atoms with E-state index in [0.717, 1.165) is 17.3 Å². The predicted molar refractivity (Wildman–Crippen MR) is 65.9 cm³/mol. The SMILES string of the molecule is CCC(CC)C(O)C(O)c1c(Br)cnn1C. The fraction of sp³-hybridized carbons (Fsp3) is 0.727. The van der Waals surface area contributed by atoms with Crippen molar-refractivity contribution in [2.75, 3.05) is 0 Å². The van der Waals surface area contributed by atoms with Gasteiger partial charge in [0.05, 0.1) is 22.5 Å². The summed E-state index contributed by atoms with van der Waals surface area (Å²) in [6.45, 7) is 4.03. The zero-order valence-corrected chi connectivity index (χ0v) is 11.5. The monoisotopic (exact) mass is 290 g/mol. The summed E-state index contributed by atoms with van der Waals surface area (Å²) in [5, 5.41) is 24.2. The van der Waals surface area contributed by atoms with E-state index in [4.69, 9.17) is 0 Å². The van der Waals surface area contributed by atoms with Crippen molar-refractivity contribution in [3.63, 3.8) is 0 Å². The summed E-state index contributed by atoms with van der Waals surface area (Å²) in [7, 11) is 1.75. The van der Waals surface area contributed by atoms with Gasteiger partial charge in [-0.05, 0) is 21.8 Å². The van der Waals surface area contributed by atoms with Gasteiger partial charge in [0.25, 0.3) is 0 Å². The smallest absolute Gasteiger partial charge is 0.123 e. The Balaban J connectivity index is 2.89. The fourth-order valence-electron chi connectivity index (χ4n) is 1.94. The molecular weight excluding hydrogens is 272 g/mol. The van der Waals surface area contributed by atoms with E-state index >= 15 is 0 Å². The van der Waals surface area contributed by atoms with E-state index in [2.05, 4.69) is 21.0 Å². The normalized spacial score (nSPS) is 15.4. The van der Waals surface area contributed by atoms with E-state index in [1.807, 2.05) is 13.8 Å². The first-order valence-corrected chi connectivity index (χ1v) is 6.35. The topological polar surface area (TPSA) is 58.3 Å². The molecule has 2 N–H and O–H groups in total. The van der Waals surface area contributed by atoms with Gasteiger partial charge in [-0.15, -0.1) is 0 Å². The van der Waals surface area contributed by atoms with Crippen LogP contribution >= 0.6 is 15.9 Å². The van der Waals surface area contributed by atoms with Gasteiger partial charge in [-0.25, -0.2) is 0 Å². The van der Waals surface area contributed by atoms with Gasteiger partial charge < -0.3 is 10.2 Å². The van der Waals surface area contributed by atoms with E-state index in [1.165, 1.54) is 0 Å². The van der Waals surface area contributed by atoms with Crippen molar-refractivity contribution in [2.45, 2.75) is 38.9 Å². The molecule has 0 radical (unpaired) electrons. The Bertz CT molecular complexity index is 317. The molecule has 2 atom stereocenters. The highest BCUT2D eigenvalue weighted by Crippen LogP contribution is 2.29. The molecule has 2 unspecified atom stereocenters. The number of aromatic nitrogens is 2. The number of nitrogens with zero attached hydrogens (tertiary/aromatic N) is 2. The van der Waals surface area contributed by atoms with Crippen molar-refractivity contribution < 1.29 is 10.2 Å². The Morgan fingerprint density at radius 2 is 1.94 bits per heavy atom. The number of hydrogen-bond donors (Lipinski definition) is 2. The van der Waals surface area contributed by atoms with Gasteiger partial charge in [-0.2, -0.15) is 5.10 Å². The average molecular weight is 291 g/mol. The van der Waals surface area contributed by atoms with Gasteiger partial charge in [-0.1, -0.05) is 26.7 Å². The van der Waals surface area contributed by atoms with Crippen molar-refractivity contribution in [1.82, 2.24) is 9.78 Å². The van der Waals surface area contributed by atoms with E-state index < -0.39 is 12.2 Å². The summed E-state index contributed by atoms with van der Waals surface area (Å²) in [6, 6.07) is 0. The molecule has 0 bridgehead atoms. The van der Waals surface area contributed by atoms with E-state index in [-0.39, 0.29) is 5.92 Å². The standard InChI is InChI=1S/C11H19BrN2O2/c1-4-7(5-2)10(15)11(16)9-8(12)6-13-14(9)3/h6-7,10-11,15-16H,4-5H2,1-3H3. The largest absolute Gasteiger partial charge is 0.390 e. The molecule has 1 heterocycles. The first-order chi connectivity index (χ1) is 7.52. The second-order valence-corrected chi connectivity index (χ2v) is 4.87. The molecule has 0 aliphatic carbocycles. The minimum absolute atomic E-state index is 0.108. The summed E-state index contributed by atoms with van der Waals surface area (Å²) in [5.74, 6) is 0.108. The molecule has 1 rings (SSSR count). The maximum atomic E-state index is 10.1. The minimum Gasteiger partial charge on any atom is -0.390 e. The quantitative estimate of drug-likeness (QED) is 0.872. The van der Waals surface area contributed by atoms with Crippen LogP contribution in [-0.2, 0) is 7.05 Å². The molecule has 0 aliphatic rings. The van der Waals surface area contributed by atoms with Crippen molar-refractivity contribution in [3.05, 3.63) is 16.4 Å². The van der Waals surface area contributed by atoms with E-state index in [1.54, 1.807) is 17.9 Å². The minimum atomic E-state index is -0.897. The molecule has 1 aromatic heterocycles. The van der Waals surface area contributed by atoms with Gasteiger partial charge in [0, 0.05) is 7.05 Å². The lowest BCUT2D eigenvalue weighted by atomic mass is 9.91. The lowest BCUT2D eigenvalue weighted by Gasteiger charge is -2.25. The van der Waals surface area contributed by atoms with E-state index in [9.17, 15) is 10.2 Å². The van der Waals surface area contributed by atoms with Crippen LogP contribution in [0, 0.1) is 5.92 Å². The van der Waals surface area contributed by atoms with Gasteiger partial charge in [-0.3, -0.25) is 4.68 Å². The third kappa shape index (κ3) is 2.64. The number of hydrogen-bond acceptors (Lipinski definition) is 3. The first kappa shape index (κ1) is 13.7. The molecule has 0 fully saturated rings. The molecule has 5 heteroatoms. The lowest BCUT2D eigenvalue weighted by molar-refractivity contribution is -0.0251. The van der Waals surface area contributed by atoms with Crippen LogP contribution in [0.4, 0.5) is 0 Å². The van der Waals surface area contributed by atoms with E-state index in [0.29, 0.717) is 5.69 Å². The molecule has 0 saturated heterocycles. The van der Waals surface area contributed by atoms with Crippen molar-refractivity contribution >= 4 is 15.9 Å². The highest BCUT2D eigenvalue weighted by Gasteiger charge is 2.28. The molecule has 4 nitrogen and oxygen atoms in total. The van der Waals surface area contributed by atoms with Crippen molar-refractivity contribution in [2.24, 2.45) is 13.0 Å². The fourth-order valence-corrected chi connectivity index (χ4v) is 2.53. The van der Waals surface area contributed by atoms with Gasteiger partial charge in [0.15, 0.2) is 0 Å². The Morgan fingerprint density at radius 3 is 2.31 bits per heavy atom. The van der Waals surface area contributed by atoms with Gasteiger partial charge >= 0.3 is 0 Å². The number of rotatable bonds is 5. The zero-order valence-electron chi connectivity index (χ0n) is 9.89. The molecule has 0 amide bonds. The Kier molecular flexibility index (Phi) is 4.95. The zero-order chi connectivity index (χ0) is 12.3. The molecule has 0 aliphatic heterocycles. The average Bonchev–Trinajstić information content (AvgIpc) is 2.59. The highest BCUT2D eigenvalue weighted by atomic mass is 79.9. The van der Waals surface area contributed by atoms with Gasteiger partial charge in [0.1, 0.15) is 6.10 Å². The van der Waals surface area contributed by atoms with Crippen LogP contribution in [0.1, 0.15) is 38.5 Å². The van der Waals surface area contributed by atoms with Crippen LogP contribution in [0.3, 0.4) is 0 Å². The maximum Gasteiger partial charge on any atom is 0.123 e. The molecule has 1 aromatic rings. The van der Waals surface area contributed by atoms with Crippen LogP contribution in [0.5, 0.6) is 0 Å². The Morgan fingerprint density at radius 1 is 1.38 bits per heavy atom. The maximum absolute atomic E-state index is 10.1. The predicted octanol–water partition coefficient (Wildman–Crippen LogP) is 2.01. The van der Waals surface area contributed by atoms with Crippen LogP contribution < -0.4 is 0 Å². The third-order valence-electron chi connectivity index (χ3n) is 3.07. The summed E-state index contributed by atoms with van der Waals surface area (Å²) in [6.07, 6.45) is 1.68. The van der Waals surface area contributed by atoms with Gasteiger partial charge in [0.2, 0.25) is 0 Å². The van der Waals surface area contributed by atoms with Crippen LogP contribution in [0.25, 0.3) is 0 Å². The number of halogens is 1. The Labute approximate surface area is 104 Å².